The van der Waals surface area contributed by atoms with Crippen molar-refractivity contribution in [3.8, 4) is 0 Å². The molecule has 0 saturated carbocycles. The van der Waals surface area contributed by atoms with Crippen LogP contribution in [0.4, 0.5) is 0 Å². The molecule has 0 aliphatic carbocycles. The van der Waals surface area contributed by atoms with E-state index in [0.29, 0.717) is 5.92 Å². The zero-order valence-corrected chi connectivity index (χ0v) is 12.5. The van der Waals surface area contributed by atoms with E-state index in [2.05, 4.69) is 11.9 Å². The van der Waals surface area contributed by atoms with Gasteiger partial charge in [-0.15, -0.1) is 12.4 Å². The molecule has 5 nitrogen and oxygen atoms in total. The summed E-state index contributed by atoms with van der Waals surface area (Å²) in [5, 5.41) is 0. The van der Waals surface area contributed by atoms with E-state index in [9.17, 15) is 4.79 Å². The van der Waals surface area contributed by atoms with E-state index in [-0.39, 0.29) is 24.4 Å². The van der Waals surface area contributed by atoms with Gasteiger partial charge in [-0.05, 0) is 38.8 Å². The second-order valence-corrected chi connectivity index (χ2v) is 5.46. The fraction of sp³-hybridized carbons (Fsp3) is 0.923. The van der Waals surface area contributed by atoms with Gasteiger partial charge in [0.05, 0.1) is 6.04 Å². The minimum absolute atomic E-state index is 0. The molecule has 6 heteroatoms. The minimum atomic E-state index is -0.336. The van der Waals surface area contributed by atoms with Gasteiger partial charge in [0.2, 0.25) is 5.91 Å². The van der Waals surface area contributed by atoms with Crippen molar-refractivity contribution in [2.45, 2.75) is 25.3 Å². The molecule has 0 aromatic carbocycles. The van der Waals surface area contributed by atoms with Gasteiger partial charge >= 0.3 is 0 Å². The first-order valence-corrected chi connectivity index (χ1v) is 6.99. The van der Waals surface area contributed by atoms with Gasteiger partial charge in [0.15, 0.2) is 0 Å². The summed E-state index contributed by atoms with van der Waals surface area (Å²) in [5.74, 6) is 0.435. The molecule has 0 aromatic heterocycles. The molecule has 19 heavy (non-hydrogen) atoms. The van der Waals surface area contributed by atoms with Crippen LogP contribution in [0.5, 0.6) is 0 Å². The van der Waals surface area contributed by atoms with E-state index in [0.717, 1.165) is 58.7 Å². The van der Waals surface area contributed by atoms with Crippen molar-refractivity contribution in [3.63, 3.8) is 0 Å². The number of nitrogens with zero attached hydrogens (tertiary/aromatic N) is 2. The lowest BCUT2D eigenvalue weighted by Crippen LogP contribution is -2.49. The van der Waals surface area contributed by atoms with Gasteiger partial charge in [-0.25, -0.2) is 0 Å². The minimum Gasteiger partial charge on any atom is -0.381 e. The van der Waals surface area contributed by atoms with Gasteiger partial charge in [0.1, 0.15) is 0 Å². The molecule has 0 radical (unpaired) electrons. The number of likely N-dealkylation sites (N-methyl/N-ethyl adjacent to an activating group) is 1. The Bertz CT molecular complexity index is 281. The Hall–Kier alpha value is -0.360. The third-order valence-corrected chi connectivity index (χ3v) is 4.09. The quantitative estimate of drug-likeness (QED) is 0.796. The second-order valence-electron chi connectivity index (χ2n) is 5.46. The van der Waals surface area contributed by atoms with Crippen LogP contribution in [0, 0.1) is 5.92 Å². The van der Waals surface area contributed by atoms with Crippen LogP contribution in [0.2, 0.25) is 0 Å². The summed E-state index contributed by atoms with van der Waals surface area (Å²) in [6, 6.07) is -0.336. The molecule has 0 aromatic rings. The molecule has 2 rings (SSSR count). The first-order chi connectivity index (χ1) is 8.68. The van der Waals surface area contributed by atoms with Crippen molar-refractivity contribution in [3.05, 3.63) is 0 Å². The van der Waals surface area contributed by atoms with Crippen molar-refractivity contribution >= 4 is 18.3 Å². The van der Waals surface area contributed by atoms with Crippen LogP contribution in [0.3, 0.4) is 0 Å². The summed E-state index contributed by atoms with van der Waals surface area (Å²) in [7, 11) is 2.10. The van der Waals surface area contributed by atoms with Gasteiger partial charge in [-0.1, -0.05) is 0 Å². The van der Waals surface area contributed by atoms with Crippen molar-refractivity contribution in [2.75, 3.05) is 46.4 Å². The van der Waals surface area contributed by atoms with Crippen LogP contribution >= 0.6 is 12.4 Å². The molecule has 0 spiro atoms. The fourth-order valence-corrected chi connectivity index (χ4v) is 2.75. The van der Waals surface area contributed by atoms with Crippen molar-refractivity contribution in [1.82, 2.24) is 9.80 Å². The fourth-order valence-electron chi connectivity index (χ4n) is 2.75. The smallest absolute Gasteiger partial charge is 0.239 e. The van der Waals surface area contributed by atoms with Crippen LogP contribution in [-0.4, -0.2) is 68.2 Å². The molecular formula is C13H26ClN3O2. The average molecular weight is 292 g/mol. The number of nitrogens with two attached hydrogens (primary N) is 1. The maximum Gasteiger partial charge on any atom is 0.239 e. The molecular weight excluding hydrogens is 266 g/mol. The third-order valence-electron chi connectivity index (χ3n) is 4.09. The van der Waals surface area contributed by atoms with E-state index in [1.165, 1.54) is 0 Å². The monoisotopic (exact) mass is 291 g/mol. The number of hydrogen-bond acceptors (Lipinski definition) is 4. The number of carbonyl (C=O) groups is 1. The van der Waals surface area contributed by atoms with Crippen LogP contribution in [-0.2, 0) is 9.53 Å². The molecule has 1 atom stereocenters. The van der Waals surface area contributed by atoms with Crippen LogP contribution in [0.25, 0.3) is 0 Å². The molecule has 1 amide bonds. The van der Waals surface area contributed by atoms with E-state index >= 15 is 0 Å². The Morgan fingerprint density at radius 3 is 2.58 bits per heavy atom. The standard InChI is InChI=1S/C13H25N3O2.ClH/c1-15-5-2-6-16(8-7-15)13(17)12(14)11-3-9-18-10-4-11;/h11-12H,2-10,14H2,1H3;1H. The lowest BCUT2D eigenvalue weighted by Gasteiger charge is -2.31. The Labute approximate surface area is 121 Å². The first-order valence-electron chi connectivity index (χ1n) is 6.99. The summed E-state index contributed by atoms with van der Waals surface area (Å²) in [4.78, 5) is 16.6. The van der Waals surface area contributed by atoms with Crippen molar-refractivity contribution < 1.29 is 9.53 Å². The molecule has 1 unspecified atom stereocenters. The molecule has 2 N–H and O–H groups in total. The van der Waals surface area contributed by atoms with E-state index < -0.39 is 0 Å². The third kappa shape index (κ3) is 4.60. The van der Waals surface area contributed by atoms with E-state index in [1.54, 1.807) is 0 Å². The molecule has 2 aliphatic rings. The van der Waals surface area contributed by atoms with Crippen LogP contribution < -0.4 is 5.73 Å². The first kappa shape index (κ1) is 16.7. The van der Waals surface area contributed by atoms with Gasteiger partial charge in [-0.3, -0.25) is 4.79 Å². The SMILES string of the molecule is CN1CCCN(C(=O)C(N)C2CCOCC2)CC1.Cl. The normalized spacial score (nSPS) is 24.4. The van der Waals surface area contributed by atoms with Crippen molar-refractivity contribution in [2.24, 2.45) is 11.7 Å². The molecule has 2 aliphatic heterocycles. The molecule has 2 saturated heterocycles. The number of hydrogen-bond donors (Lipinski definition) is 1. The molecule has 2 heterocycles. The highest BCUT2D eigenvalue weighted by atomic mass is 35.5. The second kappa shape index (κ2) is 8.04. The maximum absolute atomic E-state index is 12.4. The van der Waals surface area contributed by atoms with Crippen LogP contribution in [0.1, 0.15) is 19.3 Å². The summed E-state index contributed by atoms with van der Waals surface area (Å²) in [6.07, 6.45) is 2.88. The highest BCUT2D eigenvalue weighted by Crippen LogP contribution is 2.19. The number of amides is 1. The van der Waals surface area contributed by atoms with Crippen LogP contribution in [0.15, 0.2) is 0 Å². The predicted octanol–water partition coefficient (Wildman–Crippen LogP) is 0.326. The van der Waals surface area contributed by atoms with E-state index in [1.807, 2.05) is 4.90 Å². The lowest BCUT2D eigenvalue weighted by molar-refractivity contribution is -0.134. The number of rotatable bonds is 2. The predicted molar refractivity (Wildman–Crippen MR) is 77.5 cm³/mol. The highest BCUT2D eigenvalue weighted by Gasteiger charge is 2.30. The summed E-state index contributed by atoms with van der Waals surface area (Å²) in [5.41, 5.74) is 6.15. The largest absolute Gasteiger partial charge is 0.381 e. The Balaban J connectivity index is 0.00000180. The van der Waals surface area contributed by atoms with Gasteiger partial charge in [0.25, 0.3) is 0 Å². The Morgan fingerprint density at radius 2 is 1.89 bits per heavy atom. The lowest BCUT2D eigenvalue weighted by atomic mass is 9.91. The summed E-state index contributed by atoms with van der Waals surface area (Å²) >= 11 is 0. The van der Waals surface area contributed by atoms with Gasteiger partial charge in [0, 0.05) is 32.8 Å². The zero-order valence-electron chi connectivity index (χ0n) is 11.7. The zero-order chi connectivity index (χ0) is 13.0. The topological polar surface area (TPSA) is 58.8 Å². The summed E-state index contributed by atoms with van der Waals surface area (Å²) < 4.78 is 5.32. The number of ether oxygens (including phenoxy) is 1. The Morgan fingerprint density at radius 1 is 1.21 bits per heavy atom. The highest BCUT2D eigenvalue weighted by molar-refractivity contribution is 5.85. The number of carbonyl (C=O) groups excluding carboxylic acids is 1. The average Bonchev–Trinajstić information content (AvgIpc) is 2.63. The number of halogens is 1. The van der Waals surface area contributed by atoms with Crippen molar-refractivity contribution in [1.29, 1.82) is 0 Å². The molecule has 112 valence electrons. The summed E-state index contributed by atoms with van der Waals surface area (Å²) in [6.45, 7) is 5.16. The maximum atomic E-state index is 12.4. The Kier molecular flexibility index (Phi) is 7.07. The van der Waals surface area contributed by atoms with Gasteiger partial charge in [-0.2, -0.15) is 0 Å². The molecule has 2 fully saturated rings. The van der Waals surface area contributed by atoms with E-state index in [4.69, 9.17) is 10.5 Å². The van der Waals surface area contributed by atoms with Gasteiger partial charge < -0.3 is 20.3 Å². The molecule has 0 bridgehead atoms.